The fourth-order valence-electron chi connectivity index (χ4n) is 2.03. The summed E-state index contributed by atoms with van der Waals surface area (Å²) in [6, 6.07) is 15.2. The summed E-state index contributed by atoms with van der Waals surface area (Å²) in [5.74, 6) is 0.819. The summed E-state index contributed by atoms with van der Waals surface area (Å²) in [5.41, 5.74) is 2.54. The quantitative estimate of drug-likeness (QED) is 0.856. The van der Waals surface area contributed by atoms with Crippen LogP contribution in [0.5, 0.6) is 5.75 Å². The number of nitriles is 1. The van der Waals surface area contributed by atoms with Crippen LogP contribution in [0.1, 0.15) is 11.1 Å². The number of ether oxygens (including phenoxy) is 1. The number of hydrogen-bond acceptors (Lipinski definition) is 3. The van der Waals surface area contributed by atoms with Gasteiger partial charge < -0.3 is 9.64 Å². The Morgan fingerprint density at radius 1 is 1.25 bits per heavy atom. The number of nitrogens with zero attached hydrogens (tertiary/aromatic N) is 2. The third-order valence-electron chi connectivity index (χ3n) is 3.09. The number of anilines is 1. The van der Waals surface area contributed by atoms with Gasteiger partial charge in [-0.25, -0.2) is 0 Å². The van der Waals surface area contributed by atoms with E-state index < -0.39 is 0 Å². The zero-order chi connectivity index (χ0) is 14.5. The van der Waals surface area contributed by atoms with Gasteiger partial charge in [0, 0.05) is 18.6 Å². The molecule has 0 aliphatic rings. The molecule has 2 aromatic rings. The molecule has 0 unspecified atom stereocenters. The molecule has 0 radical (unpaired) electrons. The minimum absolute atomic E-state index is 0.568. The van der Waals surface area contributed by atoms with Crippen LogP contribution < -0.4 is 9.64 Å². The molecule has 2 rings (SSSR count). The van der Waals surface area contributed by atoms with Gasteiger partial charge in [0.25, 0.3) is 0 Å². The van der Waals surface area contributed by atoms with E-state index in [0.29, 0.717) is 17.1 Å². The number of rotatable bonds is 4. The van der Waals surface area contributed by atoms with Gasteiger partial charge in [0.1, 0.15) is 5.75 Å². The Morgan fingerprint density at radius 2 is 2.00 bits per heavy atom. The zero-order valence-corrected chi connectivity index (χ0v) is 12.2. The van der Waals surface area contributed by atoms with E-state index in [-0.39, 0.29) is 0 Å². The molecule has 0 saturated heterocycles. The molecule has 0 fully saturated rings. The van der Waals surface area contributed by atoms with Crippen molar-refractivity contribution in [2.45, 2.75) is 6.54 Å². The Balaban J connectivity index is 2.24. The molecule has 3 nitrogen and oxygen atoms in total. The van der Waals surface area contributed by atoms with Crippen LogP contribution >= 0.6 is 11.6 Å². The van der Waals surface area contributed by atoms with Gasteiger partial charge in [0.2, 0.25) is 0 Å². The first-order valence-corrected chi connectivity index (χ1v) is 6.56. The first-order valence-electron chi connectivity index (χ1n) is 6.18. The lowest BCUT2D eigenvalue weighted by molar-refractivity contribution is 0.415. The topological polar surface area (TPSA) is 36.3 Å². The molecule has 0 spiro atoms. The van der Waals surface area contributed by atoms with E-state index in [1.807, 2.05) is 37.4 Å². The molecule has 102 valence electrons. The second kappa shape index (κ2) is 6.31. The van der Waals surface area contributed by atoms with Gasteiger partial charge in [-0.3, -0.25) is 0 Å². The largest absolute Gasteiger partial charge is 0.495 e. The lowest BCUT2D eigenvalue weighted by atomic mass is 10.1. The molecule has 0 aliphatic carbocycles. The van der Waals surface area contributed by atoms with E-state index in [2.05, 4.69) is 11.0 Å². The van der Waals surface area contributed by atoms with E-state index in [1.54, 1.807) is 19.2 Å². The number of hydrogen-bond donors (Lipinski definition) is 0. The number of benzene rings is 2. The Morgan fingerprint density at radius 3 is 2.65 bits per heavy atom. The number of halogens is 1. The average molecular weight is 287 g/mol. The molecule has 2 aromatic carbocycles. The Labute approximate surface area is 124 Å². The number of methoxy groups -OCH3 is 1. The zero-order valence-electron chi connectivity index (χ0n) is 11.4. The molecule has 0 N–H and O–H groups in total. The first-order chi connectivity index (χ1) is 9.65. The SMILES string of the molecule is COc1ccccc1N(C)Cc1ccc(C#N)cc1Cl. The summed E-state index contributed by atoms with van der Waals surface area (Å²) in [7, 11) is 3.63. The van der Waals surface area contributed by atoms with Crippen LogP contribution in [0.3, 0.4) is 0 Å². The Hall–Kier alpha value is -2.18. The first kappa shape index (κ1) is 14.2. The van der Waals surface area contributed by atoms with Crippen molar-refractivity contribution < 1.29 is 4.74 Å². The molecule has 0 atom stereocenters. The van der Waals surface area contributed by atoms with Crippen molar-refractivity contribution in [3.63, 3.8) is 0 Å². The van der Waals surface area contributed by atoms with Gasteiger partial charge in [-0.1, -0.05) is 29.8 Å². The van der Waals surface area contributed by atoms with Crippen LogP contribution in [0.2, 0.25) is 5.02 Å². The third kappa shape index (κ3) is 3.04. The van der Waals surface area contributed by atoms with Crippen LogP contribution in [-0.4, -0.2) is 14.2 Å². The summed E-state index contributed by atoms with van der Waals surface area (Å²) >= 11 is 6.20. The van der Waals surface area contributed by atoms with E-state index in [4.69, 9.17) is 21.6 Å². The van der Waals surface area contributed by atoms with Crippen LogP contribution in [0.4, 0.5) is 5.69 Å². The summed E-state index contributed by atoms with van der Waals surface area (Å²) in [6.07, 6.45) is 0. The van der Waals surface area contributed by atoms with E-state index in [1.165, 1.54) is 0 Å². The minimum Gasteiger partial charge on any atom is -0.495 e. The lowest BCUT2D eigenvalue weighted by Crippen LogP contribution is -2.17. The van der Waals surface area contributed by atoms with Crippen molar-refractivity contribution in [1.29, 1.82) is 5.26 Å². The maximum atomic E-state index is 8.85. The van der Waals surface area contributed by atoms with Crippen molar-refractivity contribution in [2.24, 2.45) is 0 Å². The third-order valence-corrected chi connectivity index (χ3v) is 3.44. The fourth-order valence-corrected chi connectivity index (χ4v) is 2.27. The van der Waals surface area contributed by atoms with Crippen LogP contribution in [0, 0.1) is 11.3 Å². The Bertz CT molecular complexity index is 649. The van der Waals surface area contributed by atoms with Crippen molar-refractivity contribution >= 4 is 17.3 Å². The summed E-state index contributed by atoms with van der Waals surface area (Å²) < 4.78 is 5.35. The minimum atomic E-state index is 0.568. The second-order valence-corrected chi connectivity index (χ2v) is 4.85. The van der Waals surface area contributed by atoms with Crippen molar-refractivity contribution in [2.75, 3.05) is 19.1 Å². The fraction of sp³-hybridized carbons (Fsp3) is 0.188. The lowest BCUT2D eigenvalue weighted by Gasteiger charge is -2.22. The predicted molar refractivity (Wildman–Crippen MR) is 81.3 cm³/mol. The highest BCUT2D eigenvalue weighted by molar-refractivity contribution is 6.31. The molecule has 4 heteroatoms. The Kier molecular flexibility index (Phi) is 4.49. The molecule has 0 saturated carbocycles. The normalized spacial score (nSPS) is 9.90. The maximum Gasteiger partial charge on any atom is 0.142 e. The molecule has 0 heterocycles. The standard InChI is InChI=1S/C16H15ClN2O/c1-19(15-5-3-4-6-16(15)20-2)11-13-8-7-12(10-18)9-14(13)17/h3-9H,11H2,1-2H3. The maximum absolute atomic E-state index is 8.85. The van der Waals surface area contributed by atoms with Gasteiger partial charge in [-0.15, -0.1) is 0 Å². The van der Waals surface area contributed by atoms with Gasteiger partial charge >= 0.3 is 0 Å². The van der Waals surface area contributed by atoms with Gasteiger partial charge in [-0.2, -0.15) is 5.26 Å². The molecule has 0 aliphatic heterocycles. The van der Waals surface area contributed by atoms with Crippen LogP contribution in [0.25, 0.3) is 0 Å². The highest BCUT2D eigenvalue weighted by Gasteiger charge is 2.10. The van der Waals surface area contributed by atoms with E-state index in [9.17, 15) is 0 Å². The van der Waals surface area contributed by atoms with Crippen LogP contribution in [-0.2, 0) is 6.54 Å². The number of para-hydroxylation sites is 2. The van der Waals surface area contributed by atoms with E-state index in [0.717, 1.165) is 17.0 Å². The molecule has 0 bridgehead atoms. The van der Waals surface area contributed by atoms with Gasteiger partial charge in [0.05, 0.1) is 24.4 Å². The van der Waals surface area contributed by atoms with Crippen molar-refractivity contribution in [3.05, 3.63) is 58.6 Å². The van der Waals surface area contributed by atoms with E-state index >= 15 is 0 Å². The smallest absolute Gasteiger partial charge is 0.142 e. The molecule has 0 amide bonds. The van der Waals surface area contributed by atoms with Crippen molar-refractivity contribution in [3.8, 4) is 11.8 Å². The summed E-state index contributed by atoms with van der Waals surface area (Å²) in [5, 5.41) is 9.45. The molecule has 0 aromatic heterocycles. The summed E-state index contributed by atoms with van der Waals surface area (Å²) in [6.45, 7) is 0.644. The summed E-state index contributed by atoms with van der Waals surface area (Å²) in [4.78, 5) is 2.06. The molecular weight excluding hydrogens is 272 g/mol. The van der Waals surface area contributed by atoms with Crippen LogP contribution in [0.15, 0.2) is 42.5 Å². The van der Waals surface area contributed by atoms with Gasteiger partial charge in [-0.05, 0) is 29.8 Å². The van der Waals surface area contributed by atoms with Crippen molar-refractivity contribution in [1.82, 2.24) is 0 Å². The average Bonchev–Trinajstić information content (AvgIpc) is 2.49. The highest BCUT2D eigenvalue weighted by atomic mass is 35.5. The molecule has 20 heavy (non-hydrogen) atoms. The van der Waals surface area contributed by atoms with Gasteiger partial charge in [0.15, 0.2) is 0 Å². The molecular formula is C16H15ClN2O. The predicted octanol–water partition coefficient (Wildman–Crippen LogP) is 3.86. The second-order valence-electron chi connectivity index (χ2n) is 4.45. The highest BCUT2D eigenvalue weighted by Crippen LogP contribution is 2.29. The monoisotopic (exact) mass is 286 g/mol.